The molecule has 0 radical (unpaired) electrons. The molecule has 1 aliphatic heterocycles. The summed E-state index contributed by atoms with van der Waals surface area (Å²) in [7, 11) is 0. The summed E-state index contributed by atoms with van der Waals surface area (Å²) in [5, 5.41) is 8.72. The number of aliphatic hydroxyl groups is 1. The largest absolute Gasteiger partial charge is 0.441 e. The molecule has 0 bridgehead atoms. The van der Waals surface area contributed by atoms with Crippen LogP contribution < -0.4 is 0 Å². The Kier molecular flexibility index (Phi) is 5.92. The van der Waals surface area contributed by atoms with Crippen molar-refractivity contribution < 1.29 is 18.3 Å². The Labute approximate surface area is 98.2 Å². The molecule has 1 atom stereocenters. The van der Waals surface area contributed by atoms with Crippen molar-refractivity contribution in [1.82, 2.24) is 4.90 Å². The fraction of sp³-hybridized carbons (Fsp3) is 1.00. The van der Waals surface area contributed by atoms with Crippen molar-refractivity contribution in [2.75, 3.05) is 25.4 Å². The standard InChI is InChI=1S/C10H18F3NOS/c11-10(12,13)16-8-6-14-5-1-3-9(14)4-2-7-15/h9,15H,1-8H2. The first-order valence-electron chi connectivity index (χ1n) is 5.58. The highest BCUT2D eigenvalue weighted by molar-refractivity contribution is 8.00. The van der Waals surface area contributed by atoms with Crippen LogP contribution in [0.4, 0.5) is 13.2 Å². The summed E-state index contributed by atoms with van der Waals surface area (Å²) in [6.45, 7) is 1.57. The molecular weight excluding hydrogens is 239 g/mol. The lowest BCUT2D eigenvalue weighted by Gasteiger charge is -2.24. The zero-order chi connectivity index (χ0) is 12.0. The molecule has 1 aliphatic rings. The number of hydrogen-bond acceptors (Lipinski definition) is 3. The minimum atomic E-state index is -4.11. The van der Waals surface area contributed by atoms with Gasteiger partial charge in [-0.3, -0.25) is 4.90 Å². The molecule has 0 amide bonds. The van der Waals surface area contributed by atoms with Crippen LogP contribution in [-0.2, 0) is 0 Å². The van der Waals surface area contributed by atoms with Crippen molar-refractivity contribution in [2.24, 2.45) is 0 Å². The number of rotatable bonds is 6. The molecule has 0 aromatic carbocycles. The lowest BCUT2D eigenvalue weighted by molar-refractivity contribution is -0.0329. The molecule has 96 valence electrons. The summed E-state index contributed by atoms with van der Waals surface area (Å²) in [4.78, 5) is 2.12. The van der Waals surface area contributed by atoms with Gasteiger partial charge in [0.2, 0.25) is 0 Å². The summed E-state index contributed by atoms with van der Waals surface area (Å²) < 4.78 is 35.8. The fourth-order valence-electron chi connectivity index (χ4n) is 2.12. The fourth-order valence-corrected chi connectivity index (χ4v) is 2.68. The quantitative estimate of drug-likeness (QED) is 0.790. The minimum Gasteiger partial charge on any atom is -0.396 e. The molecule has 1 fully saturated rings. The van der Waals surface area contributed by atoms with Gasteiger partial charge < -0.3 is 5.11 Å². The molecule has 6 heteroatoms. The van der Waals surface area contributed by atoms with Crippen molar-refractivity contribution in [2.45, 2.75) is 37.2 Å². The summed E-state index contributed by atoms with van der Waals surface area (Å²) in [5.41, 5.74) is -4.11. The Hall–Kier alpha value is 0.0600. The van der Waals surface area contributed by atoms with E-state index in [4.69, 9.17) is 5.11 Å². The molecule has 1 rings (SSSR count). The SMILES string of the molecule is OCCCC1CCCN1CCSC(F)(F)F. The number of hydrogen-bond donors (Lipinski definition) is 1. The van der Waals surface area contributed by atoms with Gasteiger partial charge in [-0.25, -0.2) is 0 Å². The van der Waals surface area contributed by atoms with Crippen molar-refractivity contribution in [3.05, 3.63) is 0 Å². The van der Waals surface area contributed by atoms with E-state index in [1.54, 1.807) is 0 Å². The highest BCUT2D eigenvalue weighted by atomic mass is 32.2. The van der Waals surface area contributed by atoms with Gasteiger partial charge in [0.25, 0.3) is 0 Å². The van der Waals surface area contributed by atoms with E-state index in [2.05, 4.69) is 4.90 Å². The first-order chi connectivity index (χ1) is 7.53. The van der Waals surface area contributed by atoms with Gasteiger partial charge in [-0.15, -0.1) is 0 Å². The molecule has 1 saturated heterocycles. The van der Waals surface area contributed by atoms with E-state index < -0.39 is 5.51 Å². The topological polar surface area (TPSA) is 23.5 Å². The van der Waals surface area contributed by atoms with Crippen LogP contribution >= 0.6 is 11.8 Å². The monoisotopic (exact) mass is 257 g/mol. The third-order valence-corrected chi connectivity index (χ3v) is 3.55. The van der Waals surface area contributed by atoms with E-state index in [0.717, 1.165) is 32.2 Å². The first kappa shape index (κ1) is 14.1. The smallest absolute Gasteiger partial charge is 0.396 e. The van der Waals surface area contributed by atoms with Crippen LogP contribution in [0.15, 0.2) is 0 Å². The van der Waals surface area contributed by atoms with Gasteiger partial charge in [0.15, 0.2) is 0 Å². The summed E-state index contributed by atoms with van der Waals surface area (Å²) in [5.74, 6) is 0.110. The van der Waals surface area contributed by atoms with E-state index in [-0.39, 0.29) is 24.1 Å². The van der Waals surface area contributed by atoms with E-state index in [0.29, 0.717) is 12.6 Å². The van der Waals surface area contributed by atoms with Gasteiger partial charge in [0.05, 0.1) is 0 Å². The summed E-state index contributed by atoms with van der Waals surface area (Å²) in [6, 6.07) is 0.376. The molecule has 16 heavy (non-hydrogen) atoms. The van der Waals surface area contributed by atoms with Crippen molar-refractivity contribution in [3.8, 4) is 0 Å². The molecule has 1 unspecified atom stereocenters. The van der Waals surface area contributed by atoms with Crippen LogP contribution in [0.5, 0.6) is 0 Å². The Morgan fingerprint density at radius 2 is 2.12 bits per heavy atom. The molecule has 0 aliphatic carbocycles. The molecule has 0 spiro atoms. The number of likely N-dealkylation sites (tertiary alicyclic amines) is 1. The number of aliphatic hydroxyl groups excluding tert-OH is 1. The van der Waals surface area contributed by atoms with Crippen molar-refractivity contribution in [1.29, 1.82) is 0 Å². The van der Waals surface area contributed by atoms with E-state index in [1.165, 1.54) is 0 Å². The Morgan fingerprint density at radius 3 is 2.75 bits per heavy atom. The Bertz CT molecular complexity index is 201. The van der Waals surface area contributed by atoms with Gasteiger partial charge in [0.1, 0.15) is 0 Å². The van der Waals surface area contributed by atoms with Crippen molar-refractivity contribution in [3.63, 3.8) is 0 Å². The minimum absolute atomic E-state index is 0.0552. The third-order valence-electron chi connectivity index (χ3n) is 2.84. The van der Waals surface area contributed by atoms with Gasteiger partial charge in [-0.05, 0) is 44.0 Å². The molecular formula is C10H18F3NOS. The second-order valence-electron chi connectivity index (χ2n) is 3.99. The molecule has 1 N–H and O–H groups in total. The van der Waals surface area contributed by atoms with Crippen LogP contribution in [0.3, 0.4) is 0 Å². The number of nitrogens with zero attached hydrogens (tertiary/aromatic N) is 1. The highest BCUT2D eigenvalue weighted by Crippen LogP contribution is 2.30. The highest BCUT2D eigenvalue weighted by Gasteiger charge is 2.29. The lowest BCUT2D eigenvalue weighted by Crippen LogP contribution is -2.32. The van der Waals surface area contributed by atoms with Crippen LogP contribution in [0, 0.1) is 0 Å². The lowest BCUT2D eigenvalue weighted by atomic mass is 10.1. The average molecular weight is 257 g/mol. The number of thioether (sulfide) groups is 1. The maximum absolute atomic E-state index is 11.9. The zero-order valence-electron chi connectivity index (χ0n) is 9.17. The molecule has 2 nitrogen and oxygen atoms in total. The zero-order valence-corrected chi connectivity index (χ0v) is 9.99. The first-order valence-corrected chi connectivity index (χ1v) is 6.57. The Morgan fingerprint density at radius 1 is 1.38 bits per heavy atom. The van der Waals surface area contributed by atoms with Crippen LogP contribution in [0.1, 0.15) is 25.7 Å². The molecule has 0 aromatic heterocycles. The maximum Gasteiger partial charge on any atom is 0.441 e. The third kappa shape index (κ3) is 5.41. The Balaban J connectivity index is 2.19. The molecule has 0 aromatic rings. The van der Waals surface area contributed by atoms with Crippen molar-refractivity contribution >= 4 is 11.8 Å². The van der Waals surface area contributed by atoms with Crippen LogP contribution in [-0.4, -0.2) is 47.0 Å². The summed E-state index contributed by atoms with van der Waals surface area (Å²) >= 11 is 0.0552. The number of alkyl halides is 3. The normalized spacial score (nSPS) is 22.9. The molecule has 1 heterocycles. The second kappa shape index (κ2) is 6.71. The average Bonchev–Trinajstić information content (AvgIpc) is 2.60. The number of halogens is 3. The van der Waals surface area contributed by atoms with Gasteiger partial charge in [0, 0.05) is 24.9 Å². The van der Waals surface area contributed by atoms with Gasteiger partial charge >= 0.3 is 5.51 Å². The van der Waals surface area contributed by atoms with Gasteiger partial charge in [-0.1, -0.05) is 0 Å². The van der Waals surface area contributed by atoms with E-state index in [1.807, 2.05) is 0 Å². The predicted molar refractivity (Wildman–Crippen MR) is 59.4 cm³/mol. The van der Waals surface area contributed by atoms with Gasteiger partial charge in [-0.2, -0.15) is 13.2 Å². The van der Waals surface area contributed by atoms with E-state index >= 15 is 0 Å². The van der Waals surface area contributed by atoms with E-state index in [9.17, 15) is 13.2 Å². The maximum atomic E-state index is 11.9. The van der Waals surface area contributed by atoms with Crippen LogP contribution in [0.2, 0.25) is 0 Å². The predicted octanol–water partition coefficient (Wildman–Crippen LogP) is 2.48. The van der Waals surface area contributed by atoms with Crippen LogP contribution in [0.25, 0.3) is 0 Å². The molecule has 0 saturated carbocycles. The second-order valence-corrected chi connectivity index (χ2v) is 5.15. The summed E-state index contributed by atoms with van der Waals surface area (Å²) in [6.07, 6.45) is 3.75.